The third-order valence-electron chi connectivity index (χ3n) is 5.62. The third-order valence-corrected chi connectivity index (χ3v) is 5.62. The summed E-state index contributed by atoms with van der Waals surface area (Å²) in [6, 6.07) is 22.2. The van der Waals surface area contributed by atoms with E-state index in [0.29, 0.717) is 6.42 Å². The van der Waals surface area contributed by atoms with E-state index in [0.717, 1.165) is 16.8 Å². The summed E-state index contributed by atoms with van der Waals surface area (Å²) in [7, 11) is 1.50. The first-order valence-electron chi connectivity index (χ1n) is 12.2. The quantitative estimate of drug-likeness (QED) is 0.191. The van der Waals surface area contributed by atoms with Crippen LogP contribution in [0.25, 0.3) is 16.5 Å². The molecule has 5 N–H and O–H groups in total. The van der Waals surface area contributed by atoms with E-state index in [4.69, 9.17) is 0 Å². The minimum atomic E-state index is -0.710. The van der Waals surface area contributed by atoms with Crippen molar-refractivity contribution < 1.29 is 14.4 Å². The summed E-state index contributed by atoms with van der Waals surface area (Å²) in [4.78, 5) is 35.1. The molecule has 0 heterocycles. The standard InChI is InChI=1S/C29H31N3O3.CH5N/c1-20(33)11-8-9-18-30-28(34)29(35)31-19-24-13-5-6-15-25(24)21(2)32-22(3)26-17-10-14-23-12-4-7-16-27(23)26;1-2/h4-8,10-17,22,32H,2,9,18-19H2,1,3H3,(H,30,34)(H,31,35);2H2,1H3/b11-8+;. The maximum absolute atomic E-state index is 12.2. The molecule has 0 aliphatic heterocycles. The lowest BCUT2D eigenvalue weighted by Crippen LogP contribution is -2.40. The number of hydrogen-bond donors (Lipinski definition) is 4. The maximum Gasteiger partial charge on any atom is 0.309 e. The van der Waals surface area contributed by atoms with E-state index >= 15 is 0 Å². The van der Waals surface area contributed by atoms with Gasteiger partial charge in [-0.25, -0.2) is 0 Å². The average Bonchev–Trinajstić information content (AvgIpc) is 2.92. The van der Waals surface area contributed by atoms with Gasteiger partial charge in [0.1, 0.15) is 0 Å². The molecule has 7 nitrogen and oxygen atoms in total. The minimum Gasteiger partial charge on any atom is -0.378 e. The first kappa shape index (κ1) is 29.0. The SMILES string of the molecule is C=C(NC(C)c1cccc2ccccc12)c1ccccc1CNC(=O)C(=O)NCC/C=C/C(C)=O.CN. The molecular weight excluding hydrogens is 464 g/mol. The molecule has 0 aliphatic carbocycles. The maximum atomic E-state index is 12.2. The molecule has 0 spiro atoms. The van der Waals surface area contributed by atoms with Gasteiger partial charge >= 0.3 is 11.8 Å². The van der Waals surface area contributed by atoms with Crippen molar-refractivity contribution in [1.82, 2.24) is 16.0 Å². The number of fused-ring (bicyclic) bond motifs is 1. The predicted molar refractivity (Wildman–Crippen MR) is 150 cm³/mol. The van der Waals surface area contributed by atoms with Crippen LogP contribution in [0.3, 0.4) is 0 Å². The highest BCUT2D eigenvalue weighted by Crippen LogP contribution is 2.26. The number of amides is 2. The van der Waals surface area contributed by atoms with Gasteiger partial charge in [-0.15, -0.1) is 0 Å². The Bertz CT molecular complexity index is 1260. The molecule has 1 atom stereocenters. The summed E-state index contributed by atoms with van der Waals surface area (Å²) in [5.41, 5.74) is 8.12. The summed E-state index contributed by atoms with van der Waals surface area (Å²) < 4.78 is 0. The number of rotatable bonds is 10. The fourth-order valence-electron chi connectivity index (χ4n) is 3.87. The van der Waals surface area contributed by atoms with Gasteiger partial charge in [0.15, 0.2) is 5.78 Å². The molecular formula is C30H36N4O3. The van der Waals surface area contributed by atoms with Gasteiger partial charge in [0.25, 0.3) is 0 Å². The number of carbonyl (C=O) groups is 3. The molecule has 0 bridgehead atoms. The normalized spacial score (nSPS) is 11.2. The lowest BCUT2D eigenvalue weighted by atomic mass is 9.98. The molecule has 3 rings (SSSR count). The van der Waals surface area contributed by atoms with Crippen molar-refractivity contribution in [3.8, 4) is 0 Å². The molecule has 194 valence electrons. The second-order valence-electron chi connectivity index (χ2n) is 8.31. The van der Waals surface area contributed by atoms with Crippen LogP contribution in [0.2, 0.25) is 0 Å². The second-order valence-corrected chi connectivity index (χ2v) is 8.31. The van der Waals surface area contributed by atoms with Crippen LogP contribution in [0, 0.1) is 0 Å². The van der Waals surface area contributed by atoms with Crippen molar-refractivity contribution >= 4 is 34.1 Å². The zero-order valence-corrected chi connectivity index (χ0v) is 21.7. The largest absolute Gasteiger partial charge is 0.378 e. The highest BCUT2D eigenvalue weighted by atomic mass is 16.2. The van der Waals surface area contributed by atoms with E-state index in [1.165, 1.54) is 36.4 Å². The van der Waals surface area contributed by atoms with Gasteiger partial charge in [0.05, 0.1) is 0 Å². The van der Waals surface area contributed by atoms with Gasteiger partial charge in [0, 0.05) is 30.4 Å². The molecule has 2 amide bonds. The van der Waals surface area contributed by atoms with Crippen molar-refractivity contribution in [2.75, 3.05) is 13.6 Å². The average molecular weight is 501 g/mol. The summed E-state index contributed by atoms with van der Waals surface area (Å²) in [6.45, 7) is 8.24. The Hall–Kier alpha value is -4.23. The zero-order chi connectivity index (χ0) is 27.2. The van der Waals surface area contributed by atoms with E-state index in [-0.39, 0.29) is 24.9 Å². The first-order chi connectivity index (χ1) is 17.9. The molecule has 0 fully saturated rings. The highest BCUT2D eigenvalue weighted by Gasteiger charge is 2.15. The van der Waals surface area contributed by atoms with Gasteiger partial charge in [-0.05, 0) is 55.3 Å². The van der Waals surface area contributed by atoms with E-state index in [1.807, 2.05) is 42.5 Å². The summed E-state index contributed by atoms with van der Waals surface area (Å²) in [5.74, 6) is -1.48. The van der Waals surface area contributed by atoms with Crippen molar-refractivity contribution in [3.05, 3.63) is 102 Å². The molecule has 0 radical (unpaired) electrons. The molecule has 1 unspecified atom stereocenters. The summed E-state index contributed by atoms with van der Waals surface area (Å²) in [5, 5.41) is 11.1. The van der Waals surface area contributed by atoms with Crippen LogP contribution in [0.5, 0.6) is 0 Å². The zero-order valence-electron chi connectivity index (χ0n) is 21.7. The molecule has 0 aromatic heterocycles. The Morgan fingerprint density at radius 1 is 0.919 bits per heavy atom. The number of benzene rings is 3. The second kappa shape index (κ2) is 15.0. The molecule has 3 aromatic carbocycles. The van der Waals surface area contributed by atoms with E-state index < -0.39 is 11.8 Å². The molecule has 7 heteroatoms. The molecule has 37 heavy (non-hydrogen) atoms. The van der Waals surface area contributed by atoms with Crippen LogP contribution < -0.4 is 21.7 Å². The van der Waals surface area contributed by atoms with Gasteiger partial charge in [-0.1, -0.05) is 79.4 Å². The molecule has 0 aliphatic rings. The Labute approximate surface area is 218 Å². The number of hydrogen-bond acceptors (Lipinski definition) is 5. The third kappa shape index (κ3) is 8.74. The number of carbonyl (C=O) groups excluding carboxylic acids is 3. The monoisotopic (exact) mass is 500 g/mol. The predicted octanol–water partition coefficient (Wildman–Crippen LogP) is 4.00. The van der Waals surface area contributed by atoms with Crippen LogP contribution in [0.15, 0.2) is 85.5 Å². The van der Waals surface area contributed by atoms with Crippen molar-refractivity contribution in [1.29, 1.82) is 0 Å². The van der Waals surface area contributed by atoms with E-state index in [1.54, 1.807) is 6.08 Å². The lowest BCUT2D eigenvalue weighted by molar-refractivity contribution is -0.139. The van der Waals surface area contributed by atoms with Crippen LogP contribution >= 0.6 is 0 Å². The van der Waals surface area contributed by atoms with Crippen LogP contribution in [-0.2, 0) is 20.9 Å². The summed E-state index contributed by atoms with van der Waals surface area (Å²) >= 11 is 0. The number of nitrogens with one attached hydrogen (secondary N) is 3. The molecule has 3 aromatic rings. The van der Waals surface area contributed by atoms with Crippen LogP contribution in [-0.4, -0.2) is 31.2 Å². The van der Waals surface area contributed by atoms with Crippen molar-refractivity contribution in [2.24, 2.45) is 5.73 Å². The van der Waals surface area contributed by atoms with E-state index in [9.17, 15) is 14.4 Å². The molecule has 0 saturated heterocycles. The van der Waals surface area contributed by atoms with Gasteiger partial charge in [-0.2, -0.15) is 0 Å². The fourth-order valence-corrected chi connectivity index (χ4v) is 3.87. The Morgan fingerprint density at radius 3 is 2.32 bits per heavy atom. The van der Waals surface area contributed by atoms with Gasteiger partial charge < -0.3 is 21.7 Å². The van der Waals surface area contributed by atoms with E-state index in [2.05, 4.69) is 59.5 Å². The highest BCUT2D eigenvalue weighted by molar-refractivity contribution is 6.35. The number of allylic oxidation sites excluding steroid dienone is 1. The number of ketones is 1. The Balaban J connectivity index is 0.00000235. The Morgan fingerprint density at radius 2 is 1.57 bits per heavy atom. The topological polar surface area (TPSA) is 113 Å². The lowest BCUT2D eigenvalue weighted by Gasteiger charge is -2.21. The first-order valence-corrected chi connectivity index (χ1v) is 12.2. The smallest absolute Gasteiger partial charge is 0.309 e. The Kier molecular flexibility index (Phi) is 11.8. The van der Waals surface area contributed by atoms with Crippen molar-refractivity contribution in [2.45, 2.75) is 32.9 Å². The summed E-state index contributed by atoms with van der Waals surface area (Å²) in [6.07, 6.45) is 3.57. The minimum absolute atomic E-state index is 0.0130. The van der Waals surface area contributed by atoms with Crippen LogP contribution in [0.4, 0.5) is 0 Å². The van der Waals surface area contributed by atoms with Gasteiger partial charge in [0.2, 0.25) is 0 Å². The fraction of sp³-hybridized carbons (Fsp3) is 0.233. The molecule has 0 saturated carbocycles. The van der Waals surface area contributed by atoms with Crippen molar-refractivity contribution in [3.63, 3.8) is 0 Å². The van der Waals surface area contributed by atoms with Crippen LogP contribution in [0.1, 0.15) is 43.0 Å². The van der Waals surface area contributed by atoms with Gasteiger partial charge in [-0.3, -0.25) is 14.4 Å². The number of nitrogens with two attached hydrogens (primary N) is 1.